The summed E-state index contributed by atoms with van der Waals surface area (Å²) in [6, 6.07) is 1.73. The van der Waals surface area contributed by atoms with Crippen LogP contribution in [0, 0.1) is 0 Å². The predicted octanol–water partition coefficient (Wildman–Crippen LogP) is 2.21. The molecule has 1 saturated heterocycles. The quantitative estimate of drug-likeness (QED) is 0.517. The number of imide groups is 1. The third-order valence-electron chi connectivity index (χ3n) is 3.65. The highest BCUT2D eigenvalue weighted by Crippen LogP contribution is 2.17. The molecule has 2 heterocycles. The smallest absolute Gasteiger partial charge is 0.325 e. The Hall–Kier alpha value is -1.54. The molecule has 2 rings (SSSR count). The van der Waals surface area contributed by atoms with Crippen molar-refractivity contribution in [3.63, 3.8) is 0 Å². The summed E-state index contributed by atoms with van der Waals surface area (Å²) in [5.41, 5.74) is 0.465. The fourth-order valence-electron chi connectivity index (χ4n) is 2.33. The van der Waals surface area contributed by atoms with Gasteiger partial charge in [0.15, 0.2) is 0 Å². The van der Waals surface area contributed by atoms with Crippen molar-refractivity contribution in [3.8, 4) is 0 Å². The Morgan fingerprint density at radius 1 is 1.42 bits per heavy atom. The minimum Gasteiger partial charge on any atom is -0.355 e. The summed E-state index contributed by atoms with van der Waals surface area (Å²) in [7, 11) is 0. The van der Waals surface area contributed by atoms with E-state index in [1.54, 1.807) is 36.9 Å². The zero-order chi connectivity index (χ0) is 17.6. The van der Waals surface area contributed by atoms with Gasteiger partial charge in [0, 0.05) is 31.0 Å². The molecule has 0 radical (unpaired) electrons. The van der Waals surface area contributed by atoms with Gasteiger partial charge in [-0.3, -0.25) is 14.5 Å². The molecule has 1 aromatic rings. The average Bonchev–Trinajstić information content (AvgIpc) is 3.09. The molecular weight excluding hydrogens is 346 g/mol. The van der Waals surface area contributed by atoms with Crippen molar-refractivity contribution in [1.82, 2.24) is 15.5 Å². The first-order valence-electron chi connectivity index (χ1n) is 7.90. The summed E-state index contributed by atoms with van der Waals surface area (Å²) in [4.78, 5) is 36.7. The van der Waals surface area contributed by atoms with Gasteiger partial charge in [0.1, 0.15) is 5.54 Å². The van der Waals surface area contributed by atoms with Crippen LogP contribution in [0.2, 0.25) is 0 Å². The summed E-state index contributed by atoms with van der Waals surface area (Å²) in [6.07, 6.45) is 0.788. The van der Waals surface area contributed by atoms with Crippen molar-refractivity contribution in [2.75, 3.05) is 18.8 Å². The first-order valence-corrected chi connectivity index (χ1v) is 9.99. The van der Waals surface area contributed by atoms with Gasteiger partial charge < -0.3 is 10.6 Å². The van der Waals surface area contributed by atoms with Crippen LogP contribution in [0.3, 0.4) is 0 Å². The number of hydrogen-bond donors (Lipinski definition) is 2. The van der Waals surface area contributed by atoms with Gasteiger partial charge in [0.25, 0.3) is 5.91 Å². The molecule has 4 amide bonds. The second kappa shape index (κ2) is 8.53. The summed E-state index contributed by atoms with van der Waals surface area (Å²) >= 11 is 3.47. The van der Waals surface area contributed by atoms with Crippen molar-refractivity contribution in [2.45, 2.75) is 38.0 Å². The number of thiophene rings is 1. The van der Waals surface area contributed by atoms with Crippen molar-refractivity contribution in [3.05, 3.63) is 22.4 Å². The van der Waals surface area contributed by atoms with Gasteiger partial charge in [0.05, 0.1) is 0 Å². The van der Waals surface area contributed by atoms with Crippen LogP contribution < -0.4 is 10.6 Å². The van der Waals surface area contributed by atoms with Crippen LogP contribution >= 0.6 is 23.1 Å². The maximum atomic E-state index is 12.0. The van der Waals surface area contributed by atoms with Gasteiger partial charge in [-0.25, -0.2) is 4.79 Å². The van der Waals surface area contributed by atoms with E-state index in [-0.39, 0.29) is 24.4 Å². The van der Waals surface area contributed by atoms with Gasteiger partial charge in [0.2, 0.25) is 5.91 Å². The molecule has 1 aromatic heterocycles. The van der Waals surface area contributed by atoms with Crippen molar-refractivity contribution < 1.29 is 14.4 Å². The summed E-state index contributed by atoms with van der Waals surface area (Å²) in [5, 5.41) is 9.68. The van der Waals surface area contributed by atoms with Gasteiger partial charge in [-0.05, 0) is 42.7 Å². The lowest BCUT2D eigenvalue weighted by atomic mass is 10.1. The maximum Gasteiger partial charge on any atom is 0.325 e. The highest BCUT2D eigenvalue weighted by molar-refractivity contribution is 7.98. The highest BCUT2D eigenvalue weighted by atomic mass is 32.2. The first kappa shape index (κ1) is 18.8. The fourth-order valence-corrected chi connectivity index (χ4v) is 3.91. The van der Waals surface area contributed by atoms with E-state index < -0.39 is 5.54 Å². The van der Waals surface area contributed by atoms with Gasteiger partial charge >= 0.3 is 6.03 Å². The average molecular weight is 370 g/mol. The molecule has 2 N–H and O–H groups in total. The van der Waals surface area contributed by atoms with E-state index in [4.69, 9.17) is 0 Å². The van der Waals surface area contributed by atoms with Gasteiger partial charge in [-0.15, -0.1) is 0 Å². The number of nitrogens with zero attached hydrogens (tertiary/aromatic N) is 1. The lowest BCUT2D eigenvalue weighted by Crippen LogP contribution is -2.40. The van der Waals surface area contributed by atoms with Crippen LogP contribution in [0.25, 0.3) is 0 Å². The Balaban J connectivity index is 1.55. The highest BCUT2D eigenvalue weighted by Gasteiger charge is 2.43. The topological polar surface area (TPSA) is 78.5 Å². The maximum absolute atomic E-state index is 12.0. The number of carbonyl (C=O) groups is 3. The van der Waals surface area contributed by atoms with Crippen LogP contribution in [-0.4, -0.2) is 47.1 Å². The third-order valence-corrected chi connectivity index (χ3v) is 5.41. The van der Waals surface area contributed by atoms with Crippen molar-refractivity contribution >= 4 is 40.9 Å². The van der Waals surface area contributed by atoms with Crippen molar-refractivity contribution in [1.29, 1.82) is 0 Å². The van der Waals surface area contributed by atoms with Crippen LogP contribution in [0.1, 0.15) is 32.3 Å². The minimum absolute atomic E-state index is 0.0440. The van der Waals surface area contributed by atoms with Crippen LogP contribution in [-0.2, 0) is 15.3 Å². The molecular formula is C16H23N3O3S2. The molecule has 0 aliphatic carbocycles. The Morgan fingerprint density at radius 3 is 2.83 bits per heavy atom. The van der Waals surface area contributed by atoms with Crippen LogP contribution in [0.4, 0.5) is 4.79 Å². The number of thioether (sulfide) groups is 1. The second-order valence-corrected chi connectivity index (χ2v) is 8.03. The normalized spacial score (nSPS) is 16.3. The zero-order valence-corrected chi connectivity index (χ0v) is 15.6. The SMILES string of the molecule is CC1(C)NC(=O)N(CCCC(=O)NCCSCc2ccsc2)C1=O. The fraction of sp³-hybridized carbons (Fsp3) is 0.562. The lowest BCUT2D eigenvalue weighted by molar-refractivity contribution is -0.130. The van der Waals surface area contributed by atoms with Crippen LogP contribution in [0.15, 0.2) is 16.8 Å². The van der Waals surface area contributed by atoms with Crippen molar-refractivity contribution in [2.24, 2.45) is 0 Å². The molecule has 8 heteroatoms. The Labute approximate surface area is 150 Å². The molecule has 0 unspecified atom stereocenters. The summed E-state index contributed by atoms with van der Waals surface area (Å²) < 4.78 is 0. The molecule has 0 spiro atoms. The molecule has 0 aromatic carbocycles. The summed E-state index contributed by atoms with van der Waals surface area (Å²) in [6.45, 7) is 4.25. The Kier molecular flexibility index (Phi) is 6.68. The lowest BCUT2D eigenvalue weighted by Gasteiger charge is -2.15. The number of amides is 4. The summed E-state index contributed by atoms with van der Waals surface area (Å²) in [5.74, 6) is 1.54. The molecule has 0 atom stereocenters. The number of urea groups is 1. The van der Waals surface area contributed by atoms with E-state index in [9.17, 15) is 14.4 Å². The van der Waals surface area contributed by atoms with Crippen LogP contribution in [0.5, 0.6) is 0 Å². The molecule has 1 fully saturated rings. The van der Waals surface area contributed by atoms with E-state index in [1.165, 1.54) is 10.5 Å². The molecule has 132 valence electrons. The predicted molar refractivity (Wildman–Crippen MR) is 97.0 cm³/mol. The number of nitrogens with one attached hydrogen (secondary N) is 2. The Bertz CT molecular complexity index is 587. The first-order chi connectivity index (χ1) is 11.4. The number of rotatable bonds is 9. The minimum atomic E-state index is -0.848. The zero-order valence-electron chi connectivity index (χ0n) is 14.0. The van der Waals surface area contributed by atoms with E-state index in [0.29, 0.717) is 19.4 Å². The van der Waals surface area contributed by atoms with E-state index in [1.807, 2.05) is 0 Å². The number of hydrogen-bond acceptors (Lipinski definition) is 5. The van der Waals surface area contributed by atoms with Gasteiger partial charge in [-0.1, -0.05) is 0 Å². The Morgan fingerprint density at radius 2 is 2.21 bits per heavy atom. The molecule has 0 saturated carbocycles. The largest absolute Gasteiger partial charge is 0.355 e. The van der Waals surface area contributed by atoms with E-state index >= 15 is 0 Å². The molecule has 1 aliphatic heterocycles. The van der Waals surface area contributed by atoms with E-state index in [0.717, 1.165) is 11.5 Å². The second-order valence-electron chi connectivity index (χ2n) is 6.15. The monoisotopic (exact) mass is 369 g/mol. The van der Waals surface area contributed by atoms with Gasteiger partial charge in [-0.2, -0.15) is 23.1 Å². The third kappa shape index (κ3) is 5.24. The molecule has 24 heavy (non-hydrogen) atoms. The molecule has 1 aliphatic rings. The molecule has 6 nitrogen and oxygen atoms in total. The molecule has 0 bridgehead atoms. The van der Waals surface area contributed by atoms with E-state index in [2.05, 4.69) is 27.5 Å². The number of carbonyl (C=O) groups excluding carboxylic acids is 3. The standard InChI is InChI=1S/C16H23N3O3S2/c1-16(2)14(21)19(15(22)18-16)7-3-4-13(20)17-6-9-24-11-12-5-8-23-10-12/h5,8,10H,3-4,6-7,9,11H2,1-2H3,(H,17,20)(H,18,22).